The van der Waals surface area contributed by atoms with E-state index in [2.05, 4.69) is 20.2 Å². The summed E-state index contributed by atoms with van der Waals surface area (Å²) in [7, 11) is 0. The molecule has 0 radical (unpaired) electrons. The lowest BCUT2D eigenvalue weighted by atomic mass is 10.0. The molecule has 0 bridgehead atoms. The summed E-state index contributed by atoms with van der Waals surface area (Å²) in [4.78, 5) is 37.5. The number of pyridine rings is 1. The topological polar surface area (TPSA) is 102 Å². The summed E-state index contributed by atoms with van der Waals surface area (Å²) in [5, 5.41) is 13.1. The van der Waals surface area contributed by atoms with Crippen LogP contribution < -0.4 is 5.32 Å². The third kappa shape index (κ3) is 5.91. The maximum Gasteiger partial charge on any atom is 0.268 e. The standard InChI is InChI=1S/C24H27ClFN5O3/c25-22-14-17-13-19(28-21(17)15-27-22)23(33)29-20(12-16-2-4-18(26)5-3-16)24(34)31-7-1-6-30(8-9-31)10-11-32/h2-5,13-15,20,28,32H,1,6-12H2,(H,29,33)/t20-/m0/s1. The van der Waals surface area contributed by atoms with Crippen molar-refractivity contribution in [3.63, 3.8) is 0 Å². The largest absolute Gasteiger partial charge is 0.395 e. The number of benzene rings is 1. The van der Waals surface area contributed by atoms with Crippen LogP contribution in [0.15, 0.2) is 42.6 Å². The van der Waals surface area contributed by atoms with Gasteiger partial charge in [-0.3, -0.25) is 14.5 Å². The highest BCUT2D eigenvalue weighted by molar-refractivity contribution is 6.30. The molecule has 1 aliphatic heterocycles. The zero-order chi connectivity index (χ0) is 24.1. The van der Waals surface area contributed by atoms with E-state index in [4.69, 9.17) is 11.6 Å². The minimum absolute atomic E-state index is 0.0719. The molecule has 3 aromatic rings. The van der Waals surface area contributed by atoms with Gasteiger partial charge in [-0.15, -0.1) is 0 Å². The second kappa shape index (κ2) is 10.9. The highest BCUT2D eigenvalue weighted by Gasteiger charge is 2.28. The Kier molecular flexibility index (Phi) is 7.77. The highest BCUT2D eigenvalue weighted by Crippen LogP contribution is 2.18. The van der Waals surface area contributed by atoms with E-state index >= 15 is 0 Å². The number of nitrogens with one attached hydrogen (secondary N) is 2. The SMILES string of the molecule is O=C(N[C@@H](Cc1ccc(F)cc1)C(=O)N1CCCN(CCO)CC1)c1cc2cc(Cl)ncc2[nH]1. The predicted octanol–water partition coefficient (Wildman–Crippen LogP) is 2.22. The number of β-amino-alcohol motifs (C(OH)–C–C–N with tert-alkyl or cyclic N) is 1. The number of carbonyl (C=O) groups excluding carboxylic acids is 2. The van der Waals surface area contributed by atoms with Crippen LogP contribution in [0.4, 0.5) is 4.39 Å². The molecule has 4 rings (SSSR count). The van der Waals surface area contributed by atoms with E-state index in [-0.39, 0.29) is 24.8 Å². The Morgan fingerprint density at radius 1 is 1.18 bits per heavy atom. The molecule has 180 valence electrons. The minimum atomic E-state index is -0.824. The zero-order valence-corrected chi connectivity index (χ0v) is 19.4. The lowest BCUT2D eigenvalue weighted by Crippen LogP contribution is -2.50. The average Bonchev–Trinajstić information content (AvgIpc) is 3.11. The van der Waals surface area contributed by atoms with Crippen LogP contribution in [0.3, 0.4) is 0 Å². The van der Waals surface area contributed by atoms with Crippen LogP contribution in [0.1, 0.15) is 22.5 Å². The van der Waals surface area contributed by atoms with Crippen LogP contribution in [0.5, 0.6) is 0 Å². The summed E-state index contributed by atoms with van der Waals surface area (Å²) in [5.74, 6) is -0.980. The number of fused-ring (bicyclic) bond motifs is 1. The van der Waals surface area contributed by atoms with Crippen molar-refractivity contribution >= 4 is 34.3 Å². The number of aliphatic hydroxyl groups is 1. The van der Waals surface area contributed by atoms with Gasteiger partial charge in [0.1, 0.15) is 22.7 Å². The molecule has 8 nitrogen and oxygen atoms in total. The molecular weight excluding hydrogens is 461 g/mol. The molecule has 1 atom stereocenters. The normalized spacial score (nSPS) is 15.8. The van der Waals surface area contributed by atoms with Crippen molar-refractivity contribution in [2.45, 2.75) is 18.9 Å². The summed E-state index contributed by atoms with van der Waals surface area (Å²) in [6.45, 7) is 3.15. The molecule has 1 fully saturated rings. The minimum Gasteiger partial charge on any atom is -0.395 e. The van der Waals surface area contributed by atoms with Gasteiger partial charge in [0, 0.05) is 38.0 Å². The maximum atomic E-state index is 13.5. The molecule has 0 aliphatic carbocycles. The number of nitrogens with zero attached hydrogens (tertiary/aromatic N) is 3. The van der Waals surface area contributed by atoms with E-state index in [0.29, 0.717) is 42.5 Å². The number of aromatic amines is 1. The number of carbonyl (C=O) groups is 2. The Hall–Kier alpha value is -3.01. The lowest BCUT2D eigenvalue weighted by Gasteiger charge is -2.27. The Morgan fingerprint density at radius 3 is 2.74 bits per heavy atom. The zero-order valence-electron chi connectivity index (χ0n) is 18.6. The third-order valence-corrected chi connectivity index (χ3v) is 6.20. The van der Waals surface area contributed by atoms with Gasteiger partial charge in [0.15, 0.2) is 0 Å². The van der Waals surface area contributed by atoms with Crippen LogP contribution in [0, 0.1) is 5.82 Å². The molecule has 2 amide bonds. The van der Waals surface area contributed by atoms with Gasteiger partial charge < -0.3 is 20.3 Å². The maximum absolute atomic E-state index is 13.5. The first kappa shape index (κ1) is 24.1. The number of hydrogen-bond donors (Lipinski definition) is 3. The second-order valence-corrected chi connectivity index (χ2v) is 8.77. The lowest BCUT2D eigenvalue weighted by molar-refractivity contribution is -0.133. The van der Waals surface area contributed by atoms with E-state index < -0.39 is 11.9 Å². The van der Waals surface area contributed by atoms with Crippen LogP contribution in [-0.2, 0) is 11.2 Å². The van der Waals surface area contributed by atoms with Gasteiger partial charge >= 0.3 is 0 Å². The van der Waals surface area contributed by atoms with Gasteiger partial charge in [-0.1, -0.05) is 23.7 Å². The molecular formula is C24H27ClFN5O3. The summed E-state index contributed by atoms with van der Waals surface area (Å²) in [5.41, 5.74) is 1.69. The summed E-state index contributed by atoms with van der Waals surface area (Å²) >= 11 is 5.94. The van der Waals surface area contributed by atoms with Gasteiger partial charge in [0.2, 0.25) is 5.91 Å². The second-order valence-electron chi connectivity index (χ2n) is 8.38. The van der Waals surface area contributed by atoms with Crippen molar-refractivity contribution < 1.29 is 19.1 Å². The molecule has 0 unspecified atom stereocenters. The van der Waals surface area contributed by atoms with Crippen molar-refractivity contribution in [2.24, 2.45) is 0 Å². The third-order valence-electron chi connectivity index (χ3n) is 5.99. The molecule has 10 heteroatoms. The summed E-state index contributed by atoms with van der Waals surface area (Å²) in [6, 6.07) is 8.40. The number of amides is 2. The first-order valence-electron chi connectivity index (χ1n) is 11.2. The number of H-pyrrole nitrogens is 1. The van der Waals surface area contributed by atoms with E-state index in [1.54, 1.807) is 35.4 Å². The van der Waals surface area contributed by atoms with Crippen molar-refractivity contribution in [2.75, 3.05) is 39.3 Å². The van der Waals surface area contributed by atoms with Gasteiger partial charge in [0.05, 0.1) is 18.3 Å². The smallest absolute Gasteiger partial charge is 0.268 e. The monoisotopic (exact) mass is 487 g/mol. The van der Waals surface area contributed by atoms with Crippen LogP contribution >= 0.6 is 11.6 Å². The molecule has 1 saturated heterocycles. The van der Waals surface area contributed by atoms with Gasteiger partial charge in [-0.2, -0.15) is 0 Å². The summed E-state index contributed by atoms with van der Waals surface area (Å²) in [6.07, 6.45) is 2.55. The molecule has 0 saturated carbocycles. The number of hydrogen-bond acceptors (Lipinski definition) is 5. The van der Waals surface area contributed by atoms with Gasteiger partial charge in [0.25, 0.3) is 5.91 Å². The Morgan fingerprint density at radius 2 is 1.97 bits per heavy atom. The van der Waals surface area contributed by atoms with Gasteiger partial charge in [-0.05, 0) is 42.8 Å². The highest BCUT2D eigenvalue weighted by atomic mass is 35.5. The van der Waals surface area contributed by atoms with Gasteiger partial charge in [-0.25, -0.2) is 9.37 Å². The molecule has 0 spiro atoms. The van der Waals surface area contributed by atoms with E-state index in [1.807, 2.05) is 0 Å². The number of rotatable bonds is 7. The molecule has 34 heavy (non-hydrogen) atoms. The van der Waals surface area contributed by atoms with Crippen molar-refractivity contribution in [1.29, 1.82) is 0 Å². The van der Waals surface area contributed by atoms with E-state index in [1.165, 1.54) is 12.1 Å². The quantitative estimate of drug-likeness (QED) is 0.444. The van der Waals surface area contributed by atoms with E-state index in [0.717, 1.165) is 23.9 Å². The first-order valence-corrected chi connectivity index (χ1v) is 11.6. The molecule has 3 heterocycles. The Labute approximate surface area is 201 Å². The molecule has 3 N–H and O–H groups in total. The predicted molar refractivity (Wildman–Crippen MR) is 127 cm³/mol. The van der Waals surface area contributed by atoms with Crippen molar-refractivity contribution in [3.05, 3.63) is 64.8 Å². The fraction of sp³-hybridized carbons (Fsp3) is 0.375. The first-order chi connectivity index (χ1) is 16.4. The Bertz CT molecular complexity index is 1150. The van der Waals surface area contributed by atoms with Crippen molar-refractivity contribution in [1.82, 2.24) is 25.1 Å². The fourth-order valence-corrected chi connectivity index (χ4v) is 4.36. The molecule has 1 aromatic carbocycles. The van der Waals surface area contributed by atoms with Crippen LogP contribution in [-0.4, -0.2) is 82.1 Å². The molecule has 2 aromatic heterocycles. The fourth-order valence-electron chi connectivity index (χ4n) is 4.20. The number of halogens is 2. The van der Waals surface area contributed by atoms with Crippen molar-refractivity contribution in [3.8, 4) is 0 Å². The average molecular weight is 488 g/mol. The number of aliphatic hydroxyl groups excluding tert-OH is 1. The Balaban J connectivity index is 1.53. The van der Waals surface area contributed by atoms with Crippen LogP contribution in [0.2, 0.25) is 5.15 Å². The van der Waals surface area contributed by atoms with E-state index in [9.17, 15) is 19.1 Å². The molecule has 1 aliphatic rings. The van der Waals surface area contributed by atoms with Crippen LogP contribution in [0.25, 0.3) is 10.9 Å². The number of aromatic nitrogens is 2. The summed E-state index contributed by atoms with van der Waals surface area (Å²) < 4.78 is 13.4.